The Bertz CT molecular complexity index is 851. The highest BCUT2D eigenvalue weighted by Gasteiger charge is 2.19. The number of nitrogens with zero attached hydrogens (tertiary/aromatic N) is 2. The molecule has 7 heteroatoms. The number of nitrogens with one attached hydrogen (secondary N) is 2. The van der Waals surface area contributed by atoms with E-state index >= 15 is 0 Å². The Balaban J connectivity index is 1.36. The first-order valence-corrected chi connectivity index (χ1v) is 8.43. The van der Waals surface area contributed by atoms with Crippen molar-refractivity contribution >= 4 is 5.91 Å². The van der Waals surface area contributed by atoms with E-state index in [0.717, 1.165) is 23.4 Å². The fraction of sp³-hybridized carbons (Fsp3) is 0.211. The van der Waals surface area contributed by atoms with Crippen LogP contribution in [0.1, 0.15) is 12.8 Å². The number of aromatic nitrogens is 3. The van der Waals surface area contributed by atoms with Crippen LogP contribution in [-0.4, -0.2) is 33.7 Å². The van der Waals surface area contributed by atoms with Crippen LogP contribution < -0.4 is 14.8 Å². The van der Waals surface area contributed by atoms with Crippen LogP contribution in [0.4, 0.5) is 0 Å². The average molecular weight is 350 g/mol. The molecule has 1 aliphatic heterocycles. The zero-order valence-electron chi connectivity index (χ0n) is 14.0. The van der Waals surface area contributed by atoms with Gasteiger partial charge in [0, 0.05) is 30.4 Å². The fourth-order valence-corrected chi connectivity index (χ4v) is 2.73. The SMILES string of the molecule is O=C1CC[C@@H](Oc2ccc(Oc3ccc(-c4ccn[nH]4)cn3)cc2)CN1. The van der Waals surface area contributed by atoms with E-state index in [1.807, 2.05) is 42.5 Å². The second-order valence-electron chi connectivity index (χ2n) is 6.01. The second kappa shape index (κ2) is 7.26. The topological polar surface area (TPSA) is 89.1 Å². The monoisotopic (exact) mass is 350 g/mol. The van der Waals surface area contributed by atoms with E-state index in [9.17, 15) is 4.79 Å². The summed E-state index contributed by atoms with van der Waals surface area (Å²) in [6.45, 7) is 0.545. The van der Waals surface area contributed by atoms with Crippen molar-refractivity contribution in [2.24, 2.45) is 0 Å². The maximum Gasteiger partial charge on any atom is 0.220 e. The van der Waals surface area contributed by atoms with Gasteiger partial charge in [-0.05, 0) is 42.8 Å². The predicted molar refractivity (Wildman–Crippen MR) is 95.0 cm³/mol. The zero-order chi connectivity index (χ0) is 17.8. The number of pyridine rings is 1. The van der Waals surface area contributed by atoms with Crippen molar-refractivity contribution < 1.29 is 14.3 Å². The number of aromatic amines is 1. The number of hydrogen-bond acceptors (Lipinski definition) is 5. The highest BCUT2D eigenvalue weighted by molar-refractivity contribution is 5.76. The van der Waals surface area contributed by atoms with Crippen molar-refractivity contribution in [3.05, 3.63) is 54.9 Å². The van der Waals surface area contributed by atoms with Crippen molar-refractivity contribution in [3.63, 3.8) is 0 Å². The van der Waals surface area contributed by atoms with E-state index in [0.29, 0.717) is 24.6 Å². The van der Waals surface area contributed by atoms with Crippen LogP contribution in [0.2, 0.25) is 0 Å². The number of carbonyl (C=O) groups excluding carboxylic acids is 1. The Morgan fingerprint density at radius 3 is 2.54 bits per heavy atom. The number of rotatable bonds is 5. The smallest absolute Gasteiger partial charge is 0.220 e. The van der Waals surface area contributed by atoms with Gasteiger partial charge in [-0.3, -0.25) is 9.89 Å². The minimum Gasteiger partial charge on any atom is -0.489 e. The molecule has 0 radical (unpaired) electrons. The lowest BCUT2D eigenvalue weighted by atomic mass is 10.1. The molecule has 1 aromatic carbocycles. The molecule has 4 rings (SSSR count). The van der Waals surface area contributed by atoms with E-state index in [4.69, 9.17) is 9.47 Å². The van der Waals surface area contributed by atoms with Crippen molar-refractivity contribution in [1.82, 2.24) is 20.5 Å². The molecule has 1 amide bonds. The highest BCUT2D eigenvalue weighted by Crippen LogP contribution is 2.25. The van der Waals surface area contributed by atoms with Gasteiger partial charge in [0.2, 0.25) is 11.8 Å². The fourth-order valence-electron chi connectivity index (χ4n) is 2.73. The highest BCUT2D eigenvalue weighted by atomic mass is 16.5. The van der Waals surface area contributed by atoms with Gasteiger partial charge in [-0.25, -0.2) is 4.98 Å². The van der Waals surface area contributed by atoms with Gasteiger partial charge < -0.3 is 14.8 Å². The molecule has 7 nitrogen and oxygen atoms in total. The molecular formula is C19H18N4O3. The van der Waals surface area contributed by atoms with Gasteiger partial charge in [0.05, 0.1) is 12.2 Å². The largest absolute Gasteiger partial charge is 0.489 e. The van der Waals surface area contributed by atoms with Crippen molar-refractivity contribution in [3.8, 4) is 28.6 Å². The molecule has 2 N–H and O–H groups in total. The Hall–Kier alpha value is -3.35. The van der Waals surface area contributed by atoms with Gasteiger partial charge in [0.15, 0.2) is 0 Å². The maximum absolute atomic E-state index is 11.2. The van der Waals surface area contributed by atoms with E-state index < -0.39 is 0 Å². The van der Waals surface area contributed by atoms with Gasteiger partial charge in [-0.15, -0.1) is 0 Å². The quantitative estimate of drug-likeness (QED) is 0.738. The van der Waals surface area contributed by atoms with Crippen molar-refractivity contribution in [2.45, 2.75) is 18.9 Å². The summed E-state index contributed by atoms with van der Waals surface area (Å²) in [7, 11) is 0. The molecule has 0 bridgehead atoms. The number of carbonyl (C=O) groups is 1. The first kappa shape index (κ1) is 16.1. The van der Waals surface area contributed by atoms with Crippen LogP contribution in [0.15, 0.2) is 54.9 Å². The predicted octanol–water partition coefficient (Wildman–Crippen LogP) is 2.92. The Labute approximate surface area is 150 Å². The third-order valence-corrected chi connectivity index (χ3v) is 4.12. The van der Waals surface area contributed by atoms with Crippen LogP contribution in [0.25, 0.3) is 11.3 Å². The zero-order valence-corrected chi connectivity index (χ0v) is 14.0. The van der Waals surface area contributed by atoms with Gasteiger partial charge in [0.1, 0.15) is 17.6 Å². The molecule has 1 atom stereocenters. The molecule has 26 heavy (non-hydrogen) atoms. The molecule has 3 aromatic rings. The van der Waals surface area contributed by atoms with E-state index in [1.54, 1.807) is 12.4 Å². The Kier molecular flexibility index (Phi) is 4.51. The Morgan fingerprint density at radius 1 is 1.04 bits per heavy atom. The minimum atomic E-state index is 0.0103. The molecule has 132 valence electrons. The molecule has 0 aliphatic carbocycles. The third-order valence-electron chi connectivity index (χ3n) is 4.12. The number of amides is 1. The molecule has 1 saturated heterocycles. The summed E-state index contributed by atoms with van der Waals surface area (Å²) in [6.07, 6.45) is 4.68. The summed E-state index contributed by atoms with van der Waals surface area (Å²) in [4.78, 5) is 15.5. The number of ether oxygens (including phenoxy) is 2. The summed E-state index contributed by atoms with van der Waals surface area (Å²) in [5.74, 6) is 2.02. The third kappa shape index (κ3) is 3.83. The van der Waals surface area contributed by atoms with Crippen molar-refractivity contribution in [2.75, 3.05) is 6.54 Å². The first-order valence-electron chi connectivity index (χ1n) is 8.43. The number of H-pyrrole nitrogens is 1. The minimum absolute atomic E-state index is 0.0103. The molecule has 3 heterocycles. The van der Waals surface area contributed by atoms with Crippen LogP contribution in [0.5, 0.6) is 17.4 Å². The normalized spacial score (nSPS) is 16.8. The summed E-state index contributed by atoms with van der Waals surface area (Å²) in [5, 5.41) is 9.63. The molecule has 1 fully saturated rings. The lowest BCUT2D eigenvalue weighted by Gasteiger charge is -2.23. The van der Waals surface area contributed by atoms with Gasteiger partial charge in [0.25, 0.3) is 0 Å². The van der Waals surface area contributed by atoms with E-state index in [-0.39, 0.29) is 12.0 Å². The Morgan fingerprint density at radius 2 is 1.88 bits per heavy atom. The standard InChI is InChI=1S/C19H18N4O3/c24-18-7-6-16(12-20-18)25-14-2-4-15(5-3-14)26-19-8-1-13(11-21-19)17-9-10-22-23-17/h1-5,8-11,16H,6-7,12H2,(H,20,24)(H,22,23)/t16-/m1/s1. The summed E-state index contributed by atoms with van der Waals surface area (Å²) >= 11 is 0. The van der Waals surface area contributed by atoms with Crippen LogP contribution >= 0.6 is 0 Å². The first-order chi connectivity index (χ1) is 12.8. The molecule has 0 saturated carbocycles. The van der Waals surface area contributed by atoms with Crippen LogP contribution in [-0.2, 0) is 4.79 Å². The number of hydrogen-bond donors (Lipinski definition) is 2. The van der Waals surface area contributed by atoms with Crippen molar-refractivity contribution in [1.29, 1.82) is 0 Å². The molecule has 2 aromatic heterocycles. The van der Waals surface area contributed by atoms with Gasteiger partial charge in [-0.2, -0.15) is 5.10 Å². The average Bonchev–Trinajstić information content (AvgIpc) is 3.21. The lowest BCUT2D eigenvalue weighted by Crippen LogP contribution is -2.40. The summed E-state index contributed by atoms with van der Waals surface area (Å²) in [5.41, 5.74) is 1.85. The molecule has 0 unspecified atom stereocenters. The summed E-state index contributed by atoms with van der Waals surface area (Å²) in [6, 6.07) is 13.0. The number of benzene rings is 1. The van der Waals surface area contributed by atoms with Crippen LogP contribution in [0.3, 0.4) is 0 Å². The molecule has 0 spiro atoms. The number of piperidine rings is 1. The lowest BCUT2D eigenvalue weighted by molar-refractivity contribution is -0.123. The van der Waals surface area contributed by atoms with E-state index in [1.165, 1.54) is 0 Å². The second-order valence-corrected chi connectivity index (χ2v) is 6.01. The van der Waals surface area contributed by atoms with Gasteiger partial charge in [-0.1, -0.05) is 0 Å². The molecular weight excluding hydrogens is 332 g/mol. The summed E-state index contributed by atoms with van der Waals surface area (Å²) < 4.78 is 11.6. The van der Waals surface area contributed by atoms with Crippen LogP contribution in [0, 0.1) is 0 Å². The molecule has 1 aliphatic rings. The van der Waals surface area contributed by atoms with E-state index in [2.05, 4.69) is 20.5 Å². The van der Waals surface area contributed by atoms with Gasteiger partial charge >= 0.3 is 0 Å². The maximum atomic E-state index is 11.2.